The van der Waals surface area contributed by atoms with Crippen LogP contribution in [-0.4, -0.2) is 7.11 Å². The Labute approximate surface area is 131 Å². The van der Waals surface area contributed by atoms with Gasteiger partial charge >= 0.3 is 0 Å². The second kappa shape index (κ2) is 7.10. The van der Waals surface area contributed by atoms with Gasteiger partial charge in [0, 0.05) is 17.5 Å². The maximum atomic E-state index is 5.31. The van der Waals surface area contributed by atoms with Crippen molar-refractivity contribution in [2.24, 2.45) is 5.92 Å². The SMILES string of the molecule is COc1cccc(CNC(c2cccs2)C2CCCC2)c1. The molecular weight excluding hydrogens is 278 g/mol. The summed E-state index contributed by atoms with van der Waals surface area (Å²) in [6.45, 7) is 0.899. The van der Waals surface area contributed by atoms with E-state index in [-0.39, 0.29) is 0 Å². The second-order valence-electron chi connectivity index (χ2n) is 5.77. The predicted octanol–water partition coefficient (Wildman–Crippen LogP) is 4.78. The van der Waals surface area contributed by atoms with E-state index in [1.165, 1.54) is 36.1 Å². The van der Waals surface area contributed by atoms with E-state index in [0.717, 1.165) is 18.2 Å². The first kappa shape index (κ1) is 14.6. The molecular formula is C18H23NOS. The van der Waals surface area contributed by atoms with Crippen molar-refractivity contribution < 1.29 is 4.74 Å². The van der Waals surface area contributed by atoms with Crippen LogP contribution >= 0.6 is 11.3 Å². The molecule has 2 aromatic rings. The van der Waals surface area contributed by atoms with Crippen molar-refractivity contribution in [2.75, 3.05) is 7.11 Å². The van der Waals surface area contributed by atoms with Crippen LogP contribution in [0.3, 0.4) is 0 Å². The number of thiophene rings is 1. The minimum absolute atomic E-state index is 0.499. The van der Waals surface area contributed by atoms with Gasteiger partial charge in [-0.1, -0.05) is 31.0 Å². The fourth-order valence-electron chi connectivity index (χ4n) is 3.27. The van der Waals surface area contributed by atoms with Crippen molar-refractivity contribution in [3.8, 4) is 5.75 Å². The highest BCUT2D eigenvalue weighted by Gasteiger charge is 2.26. The minimum atomic E-state index is 0.499. The summed E-state index contributed by atoms with van der Waals surface area (Å²) >= 11 is 1.87. The molecule has 1 fully saturated rings. The molecule has 1 aromatic carbocycles. The molecule has 0 saturated heterocycles. The Kier molecular flexibility index (Phi) is 4.94. The van der Waals surface area contributed by atoms with Crippen LogP contribution in [0.5, 0.6) is 5.75 Å². The molecule has 112 valence electrons. The molecule has 0 spiro atoms. The molecule has 3 rings (SSSR count). The molecule has 2 nitrogen and oxygen atoms in total. The molecule has 1 heterocycles. The molecule has 3 heteroatoms. The normalized spacial score (nSPS) is 17.0. The van der Waals surface area contributed by atoms with Gasteiger partial charge in [0.15, 0.2) is 0 Å². The largest absolute Gasteiger partial charge is 0.497 e. The average molecular weight is 301 g/mol. The van der Waals surface area contributed by atoms with Crippen LogP contribution in [0.2, 0.25) is 0 Å². The highest BCUT2D eigenvalue weighted by atomic mass is 32.1. The summed E-state index contributed by atoms with van der Waals surface area (Å²) in [6.07, 6.45) is 5.47. The van der Waals surface area contributed by atoms with Crippen molar-refractivity contribution in [3.63, 3.8) is 0 Å². The van der Waals surface area contributed by atoms with Crippen molar-refractivity contribution >= 4 is 11.3 Å². The highest BCUT2D eigenvalue weighted by molar-refractivity contribution is 7.10. The third-order valence-electron chi connectivity index (χ3n) is 4.38. The lowest BCUT2D eigenvalue weighted by molar-refractivity contribution is 0.370. The first-order valence-electron chi connectivity index (χ1n) is 7.76. The average Bonchev–Trinajstić information content (AvgIpc) is 3.21. The van der Waals surface area contributed by atoms with Crippen LogP contribution in [0.25, 0.3) is 0 Å². The van der Waals surface area contributed by atoms with E-state index >= 15 is 0 Å². The Morgan fingerprint density at radius 1 is 1.24 bits per heavy atom. The molecule has 1 aromatic heterocycles. The van der Waals surface area contributed by atoms with Crippen LogP contribution in [0, 0.1) is 5.92 Å². The van der Waals surface area contributed by atoms with Gasteiger partial charge in [0.2, 0.25) is 0 Å². The van der Waals surface area contributed by atoms with Gasteiger partial charge in [-0.15, -0.1) is 11.3 Å². The van der Waals surface area contributed by atoms with E-state index in [1.54, 1.807) is 7.11 Å². The van der Waals surface area contributed by atoms with Crippen molar-refractivity contribution in [1.29, 1.82) is 0 Å². The Morgan fingerprint density at radius 2 is 2.10 bits per heavy atom. The number of nitrogens with one attached hydrogen (secondary N) is 1. The van der Waals surface area contributed by atoms with Gasteiger partial charge in [-0.3, -0.25) is 0 Å². The lowest BCUT2D eigenvalue weighted by atomic mass is 9.96. The van der Waals surface area contributed by atoms with E-state index in [0.29, 0.717) is 6.04 Å². The third-order valence-corrected chi connectivity index (χ3v) is 5.34. The topological polar surface area (TPSA) is 21.3 Å². The van der Waals surface area contributed by atoms with Gasteiger partial charge in [0.25, 0.3) is 0 Å². The third kappa shape index (κ3) is 3.66. The highest BCUT2D eigenvalue weighted by Crippen LogP contribution is 2.37. The van der Waals surface area contributed by atoms with Crippen molar-refractivity contribution in [2.45, 2.75) is 38.3 Å². The molecule has 1 unspecified atom stereocenters. The van der Waals surface area contributed by atoms with E-state index in [1.807, 2.05) is 17.4 Å². The molecule has 21 heavy (non-hydrogen) atoms. The number of ether oxygens (including phenoxy) is 1. The number of hydrogen-bond donors (Lipinski definition) is 1. The smallest absolute Gasteiger partial charge is 0.119 e. The fraction of sp³-hybridized carbons (Fsp3) is 0.444. The van der Waals surface area contributed by atoms with Crippen molar-refractivity contribution in [3.05, 3.63) is 52.2 Å². The van der Waals surface area contributed by atoms with Gasteiger partial charge in [-0.2, -0.15) is 0 Å². The van der Waals surface area contributed by atoms with Gasteiger partial charge in [0.1, 0.15) is 5.75 Å². The summed E-state index contributed by atoms with van der Waals surface area (Å²) in [6, 6.07) is 13.3. The molecule has 1 atom stereocenters. The Bertz CT molecular complexity index is 546. The van der Waals surface area contributed by atoms with Crippen LogP contribution in [0.1, 0.15) is 42.2 Å². The summed E-state index contributed by atoms with van der Waals surface area (Å²) < 4.78 is 5.31. The summed E-state index contributed by atoms with van der Waals surface area (Å²) in [7, 11) is 1.72. The van der Waals surface area contributed by atoms with E-state index in [9.17, 15) is 0 Å². The molecule has 0 bridgehead atoms. The van der Waals surface area contributed by atoms with Gasteiger partial charge in [-0.05, 0) is 47.9 Å². The zero-order chi connectivity index (χ0) is 14.5. The van der Waals surface area contributed by atoms with Crippen LogP contribution < -0.4 is 10.1 Å². The summed E-state index contributed by atoms with van der Waals surface area (Å²) in [5, 5.41) is 5.97. The van der Waals surface area contributed by atoms with Gasteiger partial charge in [0.05, 0.1) is 7.11 Å². The summed E-state index contributed by atoms with van der Waals surface area (Å²) in [5.74, 6) is 1.72. The fourth-order valence-corrected chi connectivity index (χ4v) is 4.16. The first-order chi connectivity index (χ1) is 10.4. The first-order valence-corrected chi connectivity index (χ1v) is 8.64. The van der Waals surface area contributed by atoms with Crippen LogP contribution in [0.15, 0.2) is 41.8 Å². The Morgan fingerprint density at radius 3 is 2.81 bits per heavy atom. The number of hydrogen-bond acceptors (Lipinski definition) is 3. The lowest BCUT2D eigenvalue weighted by Gasteiger charge is -2.24. The Balaban J connectivity index is 1.69. The Hall–Kier alpha value is -1.32. The van der Waals surface area contributed by atoms with Crippen molar-refractivity contribution in [1.82, 2.24) is 5.32 Å². The molecule has 0 radical (unpaired) electrons. The second-order valence-corrected chi connectivity index (χ2v) is 6.75. The molecule has 0 aliphatic heterocycles. The summed E-state index contributed by atoms with van der Waals surface area (Å²) in [5.41, 5.74) is 1.29. The van der Waals surface area contributed by atoms with Gasteiger partial charge in [-0.25, -0.2) is 0 Å². The van der Waals surface area contributed by atoms with E-state index in [4.69, 9.17) is 4.74 Å². The van der Waals surface area contributed by atoms with E-state index < -0.39 is 0 Å². The zero-order valence-electron chi connectivity index (χ0n) is 12.5. The molecule has 1 aliphatic rings. The lowest BCUT2D eigenvalue weighted by Crippen LogP contribution is -2.26. The van der Waals surface area contributed by atoms with E-state index in [2.05, 4.69) is 41.0 Å². The molecule has 1 saturated carbocycles. The number of methoxy groups -OCH3 is 1. The molecule has 1 aliphatic carbocycles. The number of benzene rings is 1. The number of rotatable bonds is 6. The minimum Gasteiger partial charge on any atom is -0.497 e. The quantitative estimate of drug-likeness (QED) is 0.829. The maximum absolute atomic E-state index is 5.31. The molecule has 0 amide bonds. The predicted molar refractivity (Wildman–Crippen MR) is 88.9 cm³/mol. The van der Waals surface area contributed by atoms with Crippen LogP contribution in [-0.2, 0) is 6.54 Å². The maximum Gasteiger partial charge on any atom is 0.119 e. The van der Waals surface area contributed by atoms with Crippen LogP contribution in [0.4, 0.5) is 0 Å². The molecule has 1 N–H and O–H groups in total. The zero-order valence-corrected chi connectivity index (χ0v) is 13.4. The standard InChI is InChI=1S/C18H23NOS/c1-20-16-9-4-6-14(12-16)13-19-18(15-7-2-3-8-15)17-10-5-11-21-17/h4-6,9-12,15,18-19H,2-3,7-8,13H2,1H3. The van der Waals surface area contributed by atoms with Gasteiger partial charge < -0.3 is 10.1 Å². The monoisotopic (exact) mass is 301 g/mol. The summed E-state index contributed by atoms with van der Waals surface area (Å²) in [4.78, 5) is 1.48.